The van der Waals surface area contributed by atoms with Crippen LogP contribution >= 0.6 is 39.1 Å². The minimum absolute atomic E-state index is 0.0878. The highest BCUT2D eigenvalue weighted by Gasteiger charge is 2.15. The summed E-state index contributed by atoms with van der Waals surface area (Å²) in [5.41, 5.74) is 0.587. The van der Waals surface area contributed by atoms with Crippen molar-refractivity contribution in [3.63, 3.8) is 0 Å². The van der Waals surface area contributed by atoms with Crippen LogP contribution in [-0.2, 0) is 0 Å². The highest BCUT2D eigenvalue weighted by atomic mass is 79.9. The quantitative estimate of drug-likeness (QED) is 0.612. The summed E-state index contributed by atoms with van der Waals surface area (Å²) in [7, 11) is 0. The maximum absolute atomic E-state index is 11.5. The molecule has 0 aliphatic heterocycles. The lowest BCUT2D eigenvalue weighted by Gasteiger charge is -2.03. The third-order valence-electron chi connectivity index (χ3n) is 1.55. The fourth-order valence-electron chi connectivity index (χ4n) is 0.865. The van der Waals surface area contributed by atoms with E-state index < -0.39 is 5.38 Å². The van der Waals surface area contributed by atoms with Crippen molar-refractivity contribution in [3.8, 4) is 0 Å². The molecule has 0 fully saturated rings. The van der Waals surface area contributed by atoms with Crippen molar-refractivity contribution in [1.29, 1.82) is 0 Å². The van der Waals surface area contributed by atoms with E-state index in [1.165, 1.54) is 0 Å². The lowest BCUT2D eigenvalue weighted by molar-refractivity contribution is 0.0993. The number of alkyl halides is 2. The Morgan fingerprint density at radius 1 is 1.38 bits per heavy atom. The van der Waals surface area contributed by atoms with Crippen molar-refractivity contribution in [2.75, 3.05) is 5.33 Å². The molecule has 0 saturated carbocycles. The summed E-state index contributed by atoms with van der Waals surface area (Å²) in [4.78, 5) is 11.5. The Labute approximate surface area is 95.2 Å². The van der Waals surface area contributed by atoms with Crippen LogP contribution < -0.4 is 0 Å². The van der Waals surface area contributed by atoms with E-state index in [9.17, 15) is 4.79 Å². The molecule has 4 heteroatoms. The highest BCUT2D eigenvalue weighted by molar-refractivity contribution is 9.09. The van der Waals surface area contributed by atoms with Crippen LogP contribution in [0.3, 0.4) is 0 Å². The fourth-order valence-corrected chi connectivity index (χ4v) is 1.41. The zero-order valence-electron chi connectivity index (χ0n) is 6.64. The van der Waals surface area contributed by atoms with E-state index in [0.29, 0.717) is 15.9 Å². The van der Waals surface area contributed by atoms with Gasteiger partial charge in [-0.05, 0) is 24.3 Å². The first-order chi connectivity index (χ1) is 6.15. The molecule has 1 aromatic rings. The minimum Gasteiger partial charge on any atom is -0.292 e. The molecule has 0 amide bonds. The molecule has 1 atom stereocenters. The highest BCUT2D eigenvalue weighted by Crippen LogP contribution is 2.14. The number of hydrogen-bond acceptors (Lipinski definition) is 1. The summed E-state index contributed by atoms with van der Waals surface area (Å²) in [6.45, 7) is 0. The number of benzene rings is 1. The van der Waals surface area contributed by atoms with E-state index in [2.05, 4.69) is 15.9 Å². The summed E-state index contributed by atoms with van der Waals surface area (Å²) in [5.74, 6) is -0.0878. The molecule has 70 valence electrons. The number of halogens is 3. The Morgan fingerprint density at radius 2 is 1.92 bits per heavy atom. The molecular formula is C9H7BrCl2O. The normalized spacial score (nSPS) is 12.5. The largest absolute Gasteiger partial charge is 0.292 e. The molecule has 1 nitrogen and oxygen atoms in total. The zero-order chi connectivity index (χ0) is 9.84. The van der Waals surface area contributed by atoms with Gasteiger partial charge in [-0.25, -0.2) is 0 Å². The maximum atomic E-state index is 11.5. The molecule has 0 bridgehead atoms. The molecule has 1 aromatic carbocycles. The Balaban J connectivity index is 2.83. The van der Waals surface area contributed by atoms with Crippen molar-refractivity contribution >= 4 is 44.9 Å². The Morgan fingerprint density at radius 3 is 2.38 bits per heavy atom. The van der Waals surface area contributed by atoms with E-state index in [-0.39, 0.29) is 5.78 Å². The molecule has 0 saturated heterocycles. The second-order valence-corrected chi connectivity index (χ2v) is 4.10. The molecule has 0 aromatic heterocycles. The summed E-state index contributed by atoms with van der Waals surface area (Å²) in [6, 6.07) is 6.69. The first kappa shape index (κ1) is 11.0. The second kappa shape index (κ2) is 4.99. The van der Waals surface area contributed by atoms with Crippen LogP contribution in [0.4, 0.5) is 0 Å². The lowest BCUT2D eigenvalue weighted by Crippen LogP contribution is -2.15. The van der Waals surface area contributed by atoms with Crippen LogP contribution in [0.2, 0.25) is 5.02 Å². The van der Waals surface area contributed by atoms with Gasteiger partial charge in [-0.3, -0.25) is 4.79 Å². The number of rotatable bonds is 3. The van der Waals surface area contributed by atoms with Crippen molar-refractivity contribution in [3.05, 3.63) is 34.9 Å². The molecule has 0 radical (unpaired) electrons. The predicted molar refractivity (Wildman–Crippen MR) is 59.2 cm³/mol. The Kier molecular flexibility index (Phi) is 4.23. The minimum atomic E-state index is -0.513. The van der Waals surface area contributed by atoms with Gasteiger partial charge in [0.2, 0.25) is 0 Å². The summed E-state index contributed by atoms with van der Waals surface area (Å²) in [5, 5.41) is 0.554. The molecule has 0 N–H and O–H groups in total. The third-order valence-corrected chi connectivity index (χ3v) is 3.17. The topological polar surface area (TPSA) is 17.1 Å². The lowest BCUT2D eigenvalue weighted by atomic mass is 10.1. The van der Waals surface area contributed by atoms with Gasteiger partial charge >= 0.3 is 0 Å². The molecule has 13 heavy (non-hydrogen) atoms. The third kappa shape index (κ3) is 2.97. The molecule has 0 spiro atoms. The average molecular weight is 282 g/mol. The predicted octanol–water partition coefficient (Wildman–Crippen LogP) is 3.53. The fraction of sp³-hybridized carbons (Fsp3) is 0.222. The smallest absolute Gasteiger partial charge is 0.181 e. The SMILES string of the molecule is O=C(c1ccc(Cl)cc1)C(Cl)CBr. The van der Waals surface area contributed by atoms with E-state index >= 15 is 0 Å². The first-order valence-corrected chi connectivity index (χ1v) is 5.58. The van der Waals surface area contributed by atoms with Crippen molar-refractivity contribution in [1.82, 2.24) is 0 Å². The van der Waals surface area contributed by atoms with Gasteiger partial charge in [0, 0.05) is 15.9 Å². The number of carbonyl (C=O) groups is 1. The first-order valence-electron chi connectivity index (χ1n) is 3.65. The van der Waals surface area contributed by atoms with Crippen molar-refractivity contribution in [2.24, 2.45) is 0 Å². The van der Waals surface area contributed by atoms with Crippen LogP contribution in [0.15, 0.2) is 24.3 Å². The number of hydrogen-bond donors (Lipinski definition) is 0. The molecule has 1 unspecified atom stereocenters. The Hall–Kier alpha value is -0.0500. The van der Waals surface area contributed by atoms with Crippen LogP contribution in [0, 0.1) is 0 Å². The second-order valence-electron chi connectivity index (χ2n) is 2.49. The number of Topliss-reactive ketones (excluding diaryl/α,β-unsaturated/α-hetero) is 1. The summed E-state index contributed by atoms with van der Waals surface area (Å²) >= 11 is 14.6. The van der Waals surface area contributed by atoms with Crippen LogP contribution in [0.25, 0.3) is 0 Å². The van der Waals surface area contributed by atoms with Crippen LogP contribution in [0.5, 0.6) is 0 Å². The van der Waals surface area contributed by atoms with Gasteiger partial charge in [-0.2, -0.15) is 0 Å². The number of carbonyl (C=O) groups excluding carboxylic acids is 1. The summed E-state index contributed by atoms with van der Waals surface area (Å²) in [6.07, 6.45) is 0. The average Bonchev–Trinajstić information content (AvgIpc) is 2.17. The van der Waals surface area contributed by atoms with Gasteiger partial charge in [0.1, 0.15) is 5.38 Å². The monoisotopic (exact) mass is 280 g/mol. The van der Waals surface area contributed by atoms with E-state index in [4.69, 9.17) is 23.2 Å². The summed E-state index contributed by atoms with van der Waals surface area (Å²) < 4.78 is 0. The van der Waals surface area contributed by atoms with Crippen molar-refractivity contribution < 1.29 is 4.79 Å². The molecule has 1 rings (SSSR count). The standard InChI is InChI=1S/C9H7BrCl2O/c10-5-8(12)9(13)6-1-3-7(11)4-2-6/h1-4,8H,5H2. The van der Waals surface area contributed by atoms with Crippen LogP contribution in [-0.4, -0.2) is 16.5 Å². The van der Waals surface area contributed by atoms with Crippen molar-refractivity contribution in [2.45, 2.75) is 5.38 Å². The Bertz CT molecular complexity index is 297. The van der Waals surface area contributed by atoms with E-state index in [1.54, 1.807) is 24.3 Å². The van der Waals surface area contributed by atoms with Gasteiger partial charge in [-0.15, -0.1) is 11.6 Å². The van der Waals surface area contributed by atoms with Gasteiger partial charge in [0.15, 0.2) is 5.78 Å². The van der Waals surface area contributed by atoms with Gasteiger partial charge in [0.05, 0.1) is 0 Å². The van der Waals surface area contributed by atoms with Gasteiger partial charge < -0.3 is 0 Å². The van der Waals surface area contributed by atoms with Crippen LogP contribution in [0.1, 0.15) is 10.4 Å². The van der Waals surface area contributed by atoms with E-state index in [0.717, 1.165) is 0 Å². The molecular weight excluding hydrogens is 275 g/mol. The maximum Gasteiger partial charge on any atom is 0.181 e. The van der Waals surface area contributed by atoms with Gasteiger partial charge in [-0.1, -0.05) is 27.5 Å². The van der Waals surface area contributed by atoms with Gasteiger partial charge in [0.25, 0.3) is 0 Å². The number of ketones is 1. The zero-order valence-corrected chi connectivity index (χ0v) is 9.73. The molecule has 0 aliphatic rings. The molecule has 0 aliphatic carbocycles. The van der Waals surface area contributed by atoms with E-state index in [1.807, 2.05) is 0 Å². The molecule has 0 heterocycles.